The first-order valence-corrected chi connectivity index (χ1v) is 5.95. The lowest BCUT2D eigenvalue weighted by molar-refractivity contribution is 0.174. The van der Waals surface area contributed by atoms with Crippen LogP contribution in [-0.4, -0.2) is 12.1 Å². The van der Waals surface area contributed by atoms with Crippen molar-refractivity contribution in [2.45, 2.75) is 12.8 Å². The molecule has 0 N–H and O–H groups in total. The average Bonchev–Trinajstić information content (AvgIpc) is 2.63. The normalized spacial score (nSPS) is 13.3. The molecular formula is C10H10BrClO2. The molecule has 0 aliphatic carbocycles. The van der Waals surface area contributed by atoms with Gasteiger partial charge in [-0.1, -0.05) is 27.5 Å². The first-order chi connectivity index (χ1) is 6.81. The van der Waals surface area contributed by atoms with E-state index in [0.29, 0.717) is 10.8 Å². The number of fused-ring (bicyclic) bond motifs is 1. The minimum absolute atomic E-state index is 0.275. The molecule has 0 spiro atoms. The molecule has 1 heterocycles. The second-order valence-corrected chi connectivity index (χ2v) is 4.30. The number of hydrogen-bond donors (Lipinski definition) is 0. The Balaban J connectivity index is 2.23. The summed E-state index contributed by atoms with van der Waals surface area (Å²) in [7, 11) is 0. The molecule has 1 aromatic carbocycles. The van der Waals surface area contributed by atoms with Gasteiger partial charge in [0, 0.05) is 5.33 Å². The topological polar surface area (TPSA) is 18.5 Å². The summed E-state index contributed by atoms with van der Waals surface area (Å²) in [6.45, 7) is 0.275. The summed E-state index contributed by atoms with van der Waals surface area (Å²) in [6, 6.07) is 3.94. The van der Waals surface area contributed by atoms with Crippen LogP contribution < -0.4 is 9.47 Å². The molecule has 2 nitrogen and oxygen atoms in total. The Morgan fingerprint density at radius 2 is 2.21 bits per heavy atom. The van der Waals surface area contributed by atoms with E-state index < -0.39 is 0 Å². The van der Waals surface area contributed by atoms with E-state index in [1.807, 2.05) is 12.1 Å². The van der Waals surface area contributed by atoms with E-state index in [0.717, 1.165) is 23.9 Å². The van der Waals surface area contributed by atoms with Crippen LogP contribution in [0, 0.1) is 0 Å². The Labute approximate surface area is 96.3 Å². The third-order valence-electron chi connectivity index (χ3n) is 2.09. The summed E-state index contributed by atoms with van der Waals surface area (Å²) in [5, 5.41) is 1.64. The van der Waals surface area contributed by atoms with Gasteiger partial charge < -0.3 is 9.47 Å². The van der Waals surface area contributed by atoms with Gasteiger partial charge >= 0.3 is 0 Å². The first-order valence-electron chi connectivity index (χ1n) is 4.45. The standard InChI is InChI=1S/C10H10BrClO2/c11-3-1-2-7-4-8(12)10-9(5-7)13-6-14-10/h4-5H,1-3,6H2. The molecule has 76 valence electrons. The van der Waals surface area contributed by atoms with Gasteiger partial charge in [-0.2, -0.15) is 0 Å². The van der Waals surface area contributed by atoms with Gasteiger partial charge in [0.15, 0.2) is 11.5 Å². The van der Waals surface area contributed by atoms with Crippen molar-refractivity contribution in [3.8, 4) is 11.5 Å². The molecule has 0 radical (unpaired) electrons. The fraction of sp³-hybridized carbons (Fsp3) is 0.400. The summed E-state index contributed by atoms with van der Waals surface area (Å²) in [4.78, 5) is 0. The first kappa shape index (κ1) is 10.1. The molecule has 14 heavy (non-hydrogen) atoms. The second-order valence-electron chi connectivity index (χ2n) is 3.10. The van der Waals surface area contributed by atoms with Gasteiger partial charge in [-0.25, -0.2) is 0 Å². The van der Waals surface area contributed by atoms with E-state index in [4.69, 9.17) is 21.1 Å². The number of ether oxygens (including phenoxy) is 2. The number of alkyl halides is 1. The predicted molar refractivity (Wildman–Crippen MR) is 59.7 cm³/mol. The molecule has 0 saturated heterocycles. The Hall–Kier alpha value is -0.410. The van der Waals surface area contributed by atoms with Crippen LogP contribution in [0.5, 0.6) is 11.5 Å². The van der Waals surface area contributed by atoms with Gasteiger partial charge in [0.05, 0.1) is 5.02 Å². The van der Waals surface area contributed by atoms with E-state index in [1.54, 1.807) is 0 Å². The molecule has 4 heteroatoms. The zero-order valence-corrected chi connectivity index (χ0v) is 9.90. The van der Waals surface area contributed by atoms with E-state index in [-0.39, 0.29) is 6.79 Å². The second kappa shape index (κ2) is 4.41. The van der Waals surface area contributed by atoms with Gasteiger partial charge in [0.1, 0.15) is 0 Å². The number of rotatable bonds is 3. The minimum Gasteiger partial charge on any atom is -0.454 e. The van der Waals surface area contributed by atoms with E-state index >= 15 is 0 Å². The van der Waals surface area contributed by atoms with Crippen molar-refractivity contribution < 1.29 is 9.47 Å². The van der Waals surface area contributed by atoms with E-state index in [9.17, 15) is 0 Å². The maximum atomic E-state index is 6.04. The van der Waals surface area contributed by atoms with Gasteiger partial charge in [-0.3, -0.25) is 0 Å². The fourth-order valence-electron chi connectivity index (χ4n) is 1.44. The smallest absolute Gasteiger partial charge is 0.231 e. The van der Waals surface area contributed by atoms with Crippen molar-refractivity contribution >= 4 is 27.5 Å². The molecule has 1 aromatic rings. The Morgan fingerprint density at radius 1 is 1.36 bits per heavy atom. The highest BCUT2D eigenvalue weighted by Gasteiger charge is 2.17. The monoisotopic (exact) mass is 276 g/mol. The maximum absolute atomic E-state index is 6.04. The molecule has 2 rings (SSSR count). The Morgan fingerprint density at radius 3 is 3.00 bits per heavy atom. The zero-order chi connectivity index (χ0) is 9.97. The molecule has 0 fully saturated rings. The lowest BCUT2D eigenvalue weighted by atomic mass is 10.1. The zero-order valence-electron chi connectivity index (χ0n) is 7.56. The summed E-state index contributed by atoms with van der Waals surface area (Å²) in [5.74, 6) is 1.44. The van der Waals surface area contributed by atoms with Crippen LogP contribution in [0.25, 0.3) is 0 Å². The Bertz CT molecular complexity index is 341. The summed E-state index contributed by atoms with van der Waals surface area (Å²) in [6.07, 6.45) is 2.09. The number of halogens is 2. The van der Waals surface area contributed by atoms with Crippen LogP contribution in [0.1, 0.15) is 12.0 Å². The molecule has 0 amide bonds. The highest BCUT2D eigenvalue weighted by atomic mass is 79.9. The lowest BCUT2D eigenvalue weighted by Gasteiger charge is -2.03. The van der Waals surface area contributed by atoms with E-state index in [2.05, 4.69) is 15.9 Å². The van der Waals surface area contributed by atoms with Gasteiger partial charge in [0.25, 0.3) is 0 Å². The van der Waals surface area contributed by atoms with Crippen molar-refractivity contribution in [2.75, 3.05) is 12.1 Å². The molecule has 0 saturated carbocycles. The molecule has 1 aliphatic rings. The van der Waals surface area contributed by atoms with Crippen LogP contribution in [0.3, 0.4) is 0 Å². The van der Waals surface area contributed by atoms with Crippen LogP contribution in [0.15, 0.2) is 12.1 Å². The van der Waals surface area contributed by atoms with Crippen LogP contribution in [-0.2, 0) is 6.42 Å². The Kier molecular flexibility index (Phi) is 3.19. The number of aryl methyl sites for hydroxylation is 1. The van der Waals surface area contributed by atoms with Crippen molar-refractivity contribution in [1.29, 1.82) is 0 Å². The molecule has 1 aliphatic heterocycles. The van der Waals surface area contributed by atoms with Crippen molar-refractivity contribution in [3.05, 3.63) is 22.7 Å². The highest BCUT2D eigenvalue weighted by molar-refractivity contribution is 9.09. The van der Waals surface area contributed by atoms with Gasteiger partial charge in [-0.15, -0.1) is 0 Å². The largest absolute Gasteiger partial charge is 0.454 e. The van der Waals surface area contributed by atoms with E-state index in [1.165, 1.54) is 5.56 Å². The summed E-state index contributed by atoms with van der Waals surface area (Å²) >= 11 is 9.44. The molecule has 0 aromatic heterocycles. The summed E-state index contributed by atoms with van der Waals surface area (Å²) in [5.41, 5.74) is 1.19. The number of hydrogen-bond acceptors (Lipinski definition) is 2. The number of benzene rings is 1. The van der Waals surface area contributed by atoms with Crippen LogP contribution in [0.4, 0.5) is 0 Å². The van der Waals surface area contributed by atoms with Crippen molar-refractivity contribution in [3.63, 3.8) is 0 Å². The maximum Gasteiger partial charge on any atom is 0.231 e. The SMILES string of the molecule is Clc1cc(CCCBr)cc2c1OCO2. The van der Waals surface area contributed by atoms with Crippen molar-refractivity contribution in [1.82, 2.24) is 0 Å². The average molecular weight is 278 g/mol. The van der Waals surface area contributed by atoms with Gasteiger partial charge in [0.2, 0.25) is 6.79 Å². The van der Waals surface area contributed by atoms with Crippen molar-refractivity contribution in [2.24, 2.45) is 0 Å². The van der Waals surface area contributed by atoms with Crippen LogP contribution in [0.2, 0.25) is 5.02 Å². The third-order valence-corrected chi connectivity index (χ3v) is 2.93. The predicted octanol–water partition coefficient (Wildman–Crippen LogP) is 3.40. The summed E-state index contributed by atoms with van der Waals surface area (Å²) < 4.78 is 10.5. The van der Waals surface area contributed by atoms with Gasteiger partial charge in [-0.05, 0) is 30.5 Å². The highest BCUT2D eigenvalue weighted by Crippen LogP contribution is 2.39. The lowest BCUT2D eigenvalue weighted by Crippen LogP contribution is -1.93. The third kappa shape index (κ3) is 1.98. The minimum atomic E-state index is 0.275. The molecule has 0 atom stereocenters. The molecule has 0 bridgehead atoms. The molecule has 0 unspecified atom stereocenters. The van der Waals surface area contributed by atoms with Crippen LogP contribution >= 0.6 is 27.5 Å². The quantitative estimate of drug-likeness (QED) is 0.789. The fourth-order valence-corrected chi connectivity index (χ4v) is 2.00. The molecular weight excluding hydrogens is 267 g/mol.